The zero-order valence-electron chi connectivity index (χ0n) is 5.63. The summed E-state index contributed by atoms with van der Waals surface area (Å²) >= 11 is 0.991. The normalized spacial score (nSPS) is 11.6. The summed E-state index contributed by atoms with van der Waals surface area (Å²) in [7, 11) is 0. The Morgan fingerprint density at radius 1 is 1.89 bits per heavy atom. The first-order valence-electron chi connectivity index (χ1n) is 2.90. The van der Waals surface area contributed by atoms with Crippen LogP contribution in [-0.4, -0.2) is 5.71 Å². The highest BCUT2D eigenvalue weighted by Gasteiger charge is 1.88. The van der Waals surface area contributed by atoms with Crippen LogP contribution >= 0.6 is 12.1 Å². The molecule has 0 fully saturated rings. The van der Waals surface area contributed by atoms with E-state index in [0.29, 0.717) is 0 Å². The standard InChI is InChI=1S/C6H12N2S/c1-3-5-6(4-2)8-9-7/h4H,2-3,5,7H2,1H3/b8-6-. The van der Waals surface area contributed by atoms with Gasteiger partial charge in [0.1, 0.15) is 0 Å². The van der Waals surface area contributed by atoms with E-state index in [1.165, 1.54) is 0 Å². The van der Waals surface area contributed by atoms with Gasteiger partial charge in [-0.2, -0.15) is 0 Å². The second-order valence-corrected chi connectivity index (χ2v) is 2.04. The molecule has 0 bridgehead atoms. The fourth-order valence-corrected chi connectivity index (χ4v) is 0.810. The average Bonchev–Trinajstić information content (AvgIpc) is 1.88. The van der Waals surface area contributed by atoms with Crippen molar-refractivity contribution in [1.29, 1.82) is 0 Å². The molecule has 0 heterocycles. The summed E-state index contributed by atoms with van der Waals surface area (Å²) in [5.41, 5.74) is 0.977. The molecule has 0 aromatic rings. The molecule has 2 N–H and O–H groups in total. The molecule has 0 aromatic heterocycles. The first-order chi connectivity index (χ1) is 4.35. The Morgan fingerprint density at radius 2 is 2.56 bits per heavy atom. The Hall–Kier alpha value is -0.280. The Morgan fingerprint density at radius 3 is 2.89 bits per heavy atom. The molecule has 3 heteroatoms. The fraction of sp³-hybridized carbons (Fsp3) is 0.500. The van der Waals surface area contributed by atoms with Gasteiger partial charge in [0.05, 0.1) is 12.1 Å². The first kappa shape index (κ1) is 8.72. The zero-order valence-corrected chi connectivity index (χ0v) is 6.45. The van der Waals surface area contributed by atoms with E-state index in [-0.39, 0.29) is 0 Å². The van der Waals surface area contributed by atoms with Gasteiger partial charge in [-0.1, -0.05) is 19.9 Å². The second-order valence-electron chi connectivity index (χ2n) is 1.64. The van der Waals surface area contributed by atoms with Gasteiger partial charge in [-0.25, -0.2) is 4.40 Å². The van der Waals surface area contributed by atoms with Gasteiger partial charge < -0.3 is 0 Å². The van der Waals surface area contributed by atoms with Crippen LogP contribution < -0.4 is 5.14 Å². The highest BCUT2D eigenvalue weighted by molar-refractivity contribution is 7.95. The molecular formula is C6H12N2S. The van der Waals surface area contributed by atoms with Gasteiger partial charge in [0.2, 0.25) is 0 Å². The lowest BCUT2D eigenvalue weighted by Gasteiger charge is -1.93. The maximum absolute atomic E-state index is 5.12. The Balaban J connectivity index is 3.66. The molecule has 2 nitrogen and oxygen atoms in total. The minimum atomic E-state index is 0.966. The molecule has 0 aliphatic heterocycles. The van der Waals surface area contributed by atoms with E-state index in [4.69, 9.17) is 5.14 Å². The molecule has 0 unspecified atom stereocenters. The lowest BCUT2D eigenvalue weighted by Crippen LogP contribution is -1.90. The molecular weight excluding hydrogens is 132 g/mol. The van der Waals surface area contributed by atoms with Gasteiger partial charge >= 0.3 is 0 Å². The van der Waals surface area contributed by atoms with Crippen LogP contribution in [0.15, 0.2) is 17.1 Å². The van der Waals surface area contributed by atoms with Crippen molar-refractivity contribution in [3.63, 3.8) is 0 Å². The van der Waals surface area contributed by atoms with Gasteiger partial charge in [0.25, 0.3) is 0 Å². The van der Waals surface area contributed by atoms with Gasteiger partial charge in [0, 0.05) is 5.71 Å². The van der Waals surface area contributed by atoms with E-state index in [1.54, 1.807) is 6.08 Å². The van der Waals surface area contributed by atoms with Crippen LogP contribution in [0.25, 0.3) is 0 Å². The van der Waals surface area contributed by atoms with Crippen molar-refractivity contribution in [3.05, 3.63) is 12.7 Å². The van der Waals surface area contributed by atoms with E-state index in [2.05, 4.69) is 17.9 Å². The second kappa shape index (κ2) is 5.85. The van der Waals surface area contributed by atoms with Crippen molar-refractivity contribution in [2.45, 2.75) is 19.8 Å². The monoisotopic (exact) mass is 144 g/mol. The van der Waals surface area contributed by atoms with Crippen molar-refractivity contribution in [3.8, 4) is 0 Å². The van der Waals surface area contributed by atoms with Crippen molar-refractivity contribution in [1.82, 2.24) is 0 Å². The van der Waals surface area contributed by atoms with Crippen LogP contribution in [0.4, 0.5) is 0 Å². The topological polar surface area (TPSA) is 38.4 Å². The molecule has 52 valence electrons. The molecule has 0 spiro atoms. The summed E-state index contributed by atoms with van der Waals surface area (Å²) in [6.07, 6.45) is 3.79. The minimum Gasteiger partial charge on any atom is -0.258 e. The van der Waals surface area contributed by atoms with Crippen LogP contribution in [0.2, 0.25) is 0 Å². The van der Waals surface area contributed by atoms with Crippen LogP contribution in [0.5, 0.6) is 0 Å². The number of nitrogens with two attached hydrogens (primary N) is 1. The largest absolute Gasteiger partial charge is 0.258 e. The summed E-state index contributed by atoms with van der Waals surface area (Å²) in [5.74, 6) is 0. The third kappa shape index (κ3) is 4.24. The van der Waals surface area contributed by atoms with E-state index in [0.717, 1.165) is 30.7 Å². The zero-order chi connectivity index (χ0) is 7.11. The molecule has 0 atom stereocenters. The van der Waals surface area contributed by atoms with E-state index < -0.39 is 0 Å². The summed E-state index contributed by atoms with van der Waals surface area (Å²) in [6, 6.07) is 0. The highest BCUT2D eigenvalue weighted by atomic mass is 32.2. The molecule has 0 aromatic carbocycles. The van der Waals surface area contributed by atoms with Crippen molar-refractivity contribution < 1.29 is 0 Å². The van der Waals surface area contributed by atoms with E-state index >= 15 is 0 Å². The third-order valence-corrected chi connectivity index (χ3v) is 1.25. The third-order valence-electron chi connectivity index (χ3n) is 0.912. The summed E-state index contributed by atoms with van der Waals surface area (Å²) in [4.78, 5) is 0. The van der Waals surface area contributed by atoms with Crippen molar-refractivity contribution in [2.75, 3.05) is 0 Å². The lowest BCUT2D eigenvalue weighted by atomic mass is 10.2. The number of hydrogen-bond donors (Lipinski definition) is 1. The number of rotatable bonds is 4. The molecule has 0 amide bonds. The molecule has 0 saturated heterocycles. The number of allylic oxidation sites excluding steroid dienone is 1. The maximum Gasteiger partial charge on any atom is 0.0558 e. The Kier molecular flexibility index (Phi) is 5.67. The van der Waals surface area contributed by atoms with Crippen molar-refractivity contribution >= 4 is 17.8 Å². The number of nitrogens with zero attached hydrogens (tertiary/aromatic N) is 1. The summed E-state index contributed by atoms with van der Waals surface area (Å²) < 4.78 is 3.93. The SMILES string of the molecule is C=C/C(CCC)=N/SN. The fourth-order valence-electron chi connectivity index (χ4n) is 0.509. The number of hydrogen-bond acceptors (Lipinski definition) is 3. The maximum atomic E-state index is 5.12. The van der Waals surface area contributed by atoms with Gasteiger partial charge in [-0.05, 0) is 12.5 Å². The predicted octanol–water partition coefficient (Wildman–Crippen LogP) is 1.94. The molecule has 9 heavy (non-hydrogen) atoms. The molecule has 0 radical (unpaired) electrons. The molecule has 0 aliphatic carbocycles. The molecule has 0 rings (SSSR count). The van der Waals surface area contributed by atoms with Crippen LogP contribution in [0.1, 0.15) is 19.8 Å². The van der Waals surface area contributed by atoms with E-state index in [9.17, 15) is 0 Å². The quantitative estimate of drug-likeness (QED) is 0.483. The van der Waals surface area contributed by atoms with Gasteiger partial charge in [0.15, 0.2) is 0 Å². The van der Waals surface area contributed by atoms with Crippen LogP contribution in [0, 0.1) is 0 Å². The van der Waals surface area contributed by atoms with Gasteiger partial charge in [-0.15, -0.1) is 0 Å². The van der Waals surface area contributed by atoms with E-state index in [1.807, 2.05) is 0 Å². The summed E-state index contributed by atoms with van der Waals surface area (Å²) in [5, 5.41) is 5.12. The Bertz CT molecular complexity index is 110. The first-order valence-corrected chi connectivity index (χ1v) is 3.74. The van der Waals surface area contributed by atoms with Gasteiger partial charge in [-0.3, -0.25) is 5.14 Å². The molecule has 0 aliphatic rings. The van der Waals surface area contributed by atoms with Crippen LogP contribution in [0.3, 0.4) is 0 Å². The Labute approximate surface area is 60.5 Å². The van der Waals surface area contributed by atoms with Crippen LogP contribution in [-0.2, 0) is 0 Å². The molecule has 0 saturated carbocycles. The average molecular weight is 144 g/mol. The minimum absolute atomic E-state index is 0.966. The smallest absolute Gasteiger partial charge is 0.0558 e. The van der Waals surface area contributed by atoms with Crippen molar-refractivity contribution in [2.24, 2.45) is 9.54 Å². The lowest BCUT2D eigenvalue weighted by molar-refractivity contribution is 0.999. The highest BCUT2D eigenvalue weighted by Crippen LogP contribution is 1.98. The summed E-state index contributed by atoms with van der Waals surface area (Å²) in [6.45, 7) is 5.70. The predicted molar refractivity (Wildman–Crippen MR) is 44.3 cm³/mol.